The summed E-state index contributed by atoms with van der Waals surface area (Å²) in [5.41, 5.74) is -5.40. The van der Waals surface area contributed by atoms with E-state index in [1.165, 1.54) is 0 Å². The standard InChI is InChI=1S/C10H11F5N2O2/c1-2-3-4-9(19-5-18)6(7(11)12)16-17-8(9)10(13,14)15/h5,7H,2-4H2,1H3. The molecule has 4 nitrogen and oxygen atoms in total. The Balaban J connectivity index is 3.24. The first-order valence-electron chi connectivity index (χ1n) is 5.43. The molecule has 0 spiro atoms. The van der Waals surface area contributed by atoms with Crippen molar-refractivity contribution in [1.29, 1.82) is 0 Å². The van der Waals surface area contributed by atoms with Crippen LogP contribution in [0, 0.1) is 0 Å². The van der Waals surface area contributed by atoms with Gasteiger partial charge in [0.05, 0.1) is 0 Å². The largest absolute Gasteiger partial charge is 0.448 e. The Hall–Kier alpha value is -1.54. The SMILES string of the molecule is CCCCC1(OC=O)C(C(F)F)=NN=C1C(F)(F)F. The fourth-order valence-corrected chi connectivity index (χ4v) is 1.82. The summed E-state index contributed by atoms with van der Waals surface area (Å²) in [5.74, 6) is 0. The van der Waals surface area contributed by atoms with Crippen molar-refractivity contribution >= 4 is 17.9 Å². The van der Waals surface area contributed by atoms with Crippen LogP contribution in [0.25, 0.3) is 0 Å². The molecule has 19 heavy (non-hydrogen) atoms. The number of alkyl halides is 5. The summed E-state index contributed by atoms with van der Waals surface area (Å²) in [6.07, 6.45) is -8.15. The number of carbonyl (C=O) groups is 1. The molecule has 1 unspecified atom stereocenters. The number of carbonyl (C=O) groups excluding carboxylic acids is 1. The van der Waals surface area contributed by atoms with E-state index in [1.54, 1.807) is 6.92 Å². The smallest absolute Gasteiger partial charge is 0.435 e. The molecule has 1 aliphatic rings. The Morgan fingerprint density at radius 1 is 1.37 bits per heavy atom. The average molecular weight is 286 g/mol. The summed E-state index contributed by atoms with van der Waals surface area (Å²) in [6, 6.07) is 0. The van der Waals surface area contributed by atoms with Gasteiger partial charge in [-0.3, -0.25) is 4.79 Å². The van der Waals surface area contributed by atoms with E-state index in [4.69, 9.17) is 0 Å². The third-order valence-electron chi connectivity index (χ3n) is 2.66. The second-order valence-corrected chi connectivity index (χ2v) is 3.88. The van der Waals surface area contributed by atoms with Crippen LogP contribution in [0.5, 0.6) is 0 Å². The van der Waals surface area contributed by atoms with E-state index in [-0.39, 0.29) is 12.9 Å². The zero-order chi connectivity index (χ0) is 14.7. The summed E-state index contributed by atoms with van der Waals surface area (Å²) in [5, 5.41) is 5.61. The van der Waals surface area contributed by atoms with Gasteiger partial charge < -0.3 is 4.74 Å². The van der Waals surface area contributed by atoms with Crippen LogP contribution in [0.3, 0.4) is 0 Å². The second kappa shape index (κ2) is 5.62. The van der Waals surface area contributed by atoms with Gasteiger partial charge in [-0.2, -0.15) is 13.2 Å². The van der Waals surface area contributed by atoms with Gasteiger partial charge in [0, 0.05) is 0 Å². The number of unbranched alkanes of at least 4 members (excludes halogenated alkanes) is 1. The third kappa shape index (κ3) is 2.90. The van der Waals surface area contributed by atoms with Gasteiger partial charge in [-0.05, 0) is 12.8 Å². The van der Waals surface area contributed by atoms with Gasteiger partial charge in [0.25, 0.3) is 12.9 Å². The molecule has 9 heteroatoms. The van der Waals surface area contributed by atoms with Crippen LogP contribution in [0.4, 0.5) is 22.0 Å². The van der Waals surface area contributed by atoms with Crippen molar-refractivity contribution < 1.29 is 31.5 Å². The Morgan fingerprint density at radius 2 is 2.00 bits per heavy atom. The zero-order valence-electron chi connectivity index (χ0n) is 9.88. The van der Waals surface area contributed by atoms with Gasteiger partial charge in [-0.15, -0.1) is 10.2 Å². The Labute approximate surface area is 105 Å². The minimum atomic E-state index is -5.00. The molecule has 0 fully saturated rings. The van der Waals surface area contributed by atoms with Crippen LogP contribution in [0.1, 0.15) is 26.2 Å². The molecule has 1 aliphatic heterocycles. The summed E-state index contributed by atoms with van der Waals surface area (Å²) in [7, 11) is 0. The lowest BCUT2D eigenvalue weighted by atomic mass is 9.86. The second-order valence-electron chi connectivity index (χ2n) is 3.88. The van der Waals surface area contributed by atoms with Crippen molar-refractivity contribution in [2.45, 2.75) is 44.4 Å². The highest BCUT2D eigenvalue weighted by molar-refractivity contribution is 6.21. The molecule has 0 bridgehead atoms. The predicted octanol–water partition coefficient (Wildman–Crippen LogP) is 2.73. The van der Waals surface area contributed by atoms with Crippen molar-refractivity contribution in [1.82, 2.24) is 0 Å². The number of hydrogen-bond acceptors (Lipinski definition) is 4. The summed E-state index contributed by atoms with van der Waals surface area (Å²) < 4.78 is 68.3. The minimum Gasteiger partial charge on any atom is -0.448 e. The van der Waals surface area contributed by atoms with Gasteiger partial charge in [-0.1, -0.05) is 13.3 Å². The Morgan fingerprint density at radius 3 is 2.42 bits per heavy atom. The van der Waals surface area contributed by atoms with Crippen molar-refractivity contribution in [3.05, 3.63) is 0 Å². The maximum atomic E-state index is 12.8. The van der Waals surface area contributed by atoms with Crippen LogP contribution >= 0.6 is 0 Å². The Kier molecular flexibility index (Phi) is 4.59. The molecule has 0 aliphatic carbocycles. The van der Waals surface area contributed by atoms with Crippen molar-refractivity contribution in [3.63, 3.8) is 0 Å². The molecule has 1 atom stereocenters. The van der Waals surface area contributed by atoms with Crippen molar-refractivity contribution in [2.24, 2.45) is 10.2 Å². The molecule has 1 heterocycles. The van der Waals surface area contributed by atoms with Crippen LogP contribution in [-0.2, 0) is 9.53 Å². The lowest BCUT2D eigenvalue weighted by Crippen LogP contribution is -2.54. The fourth-order valence-electron chi connectivity index (χ4n) is 1.82. The predicted molar refractivity (Wildman–Crippen MR) is 56.3 cm³/mol. The first-order chi connectivity index (χ1) is 8.79. The van der Waals surface area contributed by atoms with E-state index < -0.39 is 36.0 Å². The molecule has 108 valence electrons. The van der Waals surface area contributed by atoms with Gasteiger partial charge in [-0.25, -0.2) is 8.78 Å². The monoisotopic (exact) mass is 286 g/mol. The van der Waals surface area contributed by atoms with Crippen LogP contribution < -0.4 is 0 Å². The van der Waals surface area contributed by atoms with Crippen molar-refractivity contribution in [3.8, 4) is 0 Å². The first kappa shape index (κ1) is 15.5. The van der Waals surface area contributed by atoms with Crippen LogP contribution in [-0.4, -0.2) is 36.1 Å². The average Bonchev–Trinajstić information content (AvgIpc) is 2.66. The lowest BCUT2D eigenvalue weighted by Gasteiger charge is -2.30. The quantitative estimate of drug-likeness (QED) is 0.557. The van der Waals surface area contributed by atoms with Gasteiger partial charge in [0.2, 0.25) is 5.60 Å². The van der Waals surface area contributed by atoms with E-state index in [2.05, 4.69) is 14.9 Å². The summed E-state index contributed by atoms with van der Waals surface area (Å²) in [4.78, 5) is 10.4. The molecule has 0 aromatic heterocycles. The van der Waals surface area contributed by atoms with Gasteiger partial charge in [0.1, 0.15) is 0 Å². The topological polar surface area (TPSA) is 51.0 Å². The number of hydrogen-bond donors (Lipinski definition) is 0. The van der Waals surface area contributed by atoms with Gasteiger partial charge in [0.15, 0.2) is 11.4 Å². The van der Waals surface area contributed by atoms with E-state index in [0.29, 0.717) is 6.42 Å². The van der Waals surface area contributed by atoms with E-state index in [0.717, 1.165) is 0 Å². The minimum absolute atomic E-state index is 0.147. The summed E-state index contributed by atoms with van der Waals surface area (Å²) in [6.45, 7) is 1.37. The van der Waals surface area contributed by atoms with E-state index in [9.17, 15) is 26.7 Å². The first-order valence-corrected chi connectivity index (χ1v) is 5.43. The number of ether oxygens (including phenoxy) is 1. The molecular formula is C10H11F5N2O2. The molecular weight excluding hydrogens is 275 g/mol. The Bertz CT molecular complexity index is 405. The summed E-state index contributed by atoms with van der Waals surface area (Å²) >= 11 is 0. The molecule has 0 amide bonds. The number of rotatable bonds is 6. The highest BCUT2D eigenvalue weighted by atomic mass is 19.4. The van der Waals surface area contributed by atoms with Gasteiger partial charge >= 0.3 is 6.18 Å². The van der Waals surface area contributed by atoms with Crippen molar-refractivity contribution in [2.75, 3.05) is 0 Å². The molecule has 0 saturated carbocycles. The zero-order valence-corrected chi connectivity index (χ0v) is 9.88. The highest BCUT2D eigenvalue weighted by Crippen LogP contribution is 2.37. The number of halogens is 5. The molecule has 0 aromatic carbocycles. The maximum Gasteiger partial charge on any atom is 0.435 e. The molecule has 0 N–H and O–H groups in total. The van der Waals surface area contributed by atoms with E-state index in [1.807, 2.05) is 0 Å². The van der Waals surface area contributed by atoms with Crippen LogP contribution in [0.2, 0.25) is 0 Å². The molecule has 0 aromatic rings. The normalized spacial score (nSPS) is 23.3. The number of nitrogens with zero attached hydrogens (tertiary/aromatic N) is 2. The highest BCUT2D eigenvalue weighted by Gasteiger charge is 2.59. The maximum absolute atomic E-state index is 12.8. The third-order valence-corrected chi connectivity index (χ3v) is 2.66. The molecule has 1 rings (SSSR count). The fraction of sp³-hybridized carbons (Fsp3) is 0.700. The van der Waals surface area contributed by atoms with Crippen LogP contribution in [0.15, 0.2) is 10.2 Å². The lowest BCUT2D eigenvalue weighted by molar-refractivity contribution is -0.136. The van der Waals surface area contributed by atoms with E-state index >= 15 is 0 Å². The molecule has 0 saturated heterocycles. The molecule has 0 radical (unpaired) electrons.